The van der Waals surface area contributed by atoms with Crippen LogP contribution in [0.3, 0.4) is 0 Å². The number of Topliss-reactive ketones (excluding diaryl/α,β-unsaturated/α-hetero) is 1. The molecule has 19 heavy (non-hydrogen) atoms. The van der Waals surface area contributed by atoms with E-state index < -0.39 is 17.2 Å². The molecule has 2 nitrogen and oxygen atoms in total. The number of likely N-dealkylation sites (N-methyl/N-ethyl adjacent to an activating group) is 1. The lowest BCUT2D eigenvalue weighted by molar-refractivity contribution is -0.129. The van der Waals surface area contributed by atoms with Gasteiger partial charge < -0.3 is 0 Å². The second kappa shape index (κ2) is 5.37. The van der Waals surface area contributed by atoms with E-state index in [1.807, 2.05) is 19.0 Å². The van der Waals surface area contributed by atoms with Crippen molar-refractivity contribution in [3.05, 3.63) is 35.4 Å². The van der Waals surface area contributed by atoms with E-state index in [-0.39, 0.29) is 17.8 Å². The minimum absolute atomic E-state index is 0.0843. The molecule has 0 bridgehead atoms. The molecule has 1 aromatic carbocycles. The first-order valence-corrected chi connectivity index (χ1v) is 6.61. The fourth-order valence-corrected chi connectivity index (χ4v) is 2.96. The second-order valence-electron chi connectivity index (χ2n) is 5.43. The summed E-state index contributed by atoms with van der Waals surface area (Å²) in [7, 11) is 3.72. The first-order chi connectivity index (χ1) is 8.97. The summed E-state index contributed by atoms with van der Waals surface area (Å²) in [4.78, 5) is 14.4. The van der Waals surface area contributed by atoms with E-state index in [2.05, 4.69) is 0 Å². The van der Waals surface area contributed by atoms with Crippen LogP contribution in [0.1, 0.15) is 31.2 Å². The SMILES string of the molecule is CN(C)C1(C(=O)Cc2c(F)cccc2F)CCCC1. The van der Waals surface area contributed by atoms with Crippen LogP contribution in [0.5, 0.6) is 0 Å². The van der Waals surface area contributed by atoms with E-state index in [4.69, 9.17) is 0 Å². The summed E-state index contributed by atoms with van der Waals surface area (Å²) >= 11 is 0. The highest BCUT2D eigenvalue weighted by Crippen LogP contribution is 2.35. The van der Waals surface area contributed by atoms with Crippen LogP contribution in [-0.4, -0.2) is 30.3 Å². The van der Waals surface area contributed by atoms with E-state index in [1.54, 1.807) is 0 Å². The molecular formula is C15H19F2NO. The van der Waals surface area contributed by atoms with Gasteiger partial charge in [0.1, 0.15) is 11.6 Å². The molecule has 0 N–H and O–H groups in total. The Kier molecular flexibility index (Phi) is 3.99. The molecule has 0 aromatic heterocycles. The van der Waals surface area contributed by atoms with Gasteiger partial charge in [-0.05, 0) is 39.1 Å². The third-order valence-corrected chi connectivity index (χ3v) is 4.20. The standard InChI is InChI=1S/C15H19F2NO/c1-18(2)15(8-3-4-9-15)14(19)10-11-12(16)6-5-7-13(11)17/h5-7H,3-4,8-10H2,1-2H3. The van der Waals surface area contributed by atoms with Gasteiger partial charge in [-0.15, -0.1) is 0 Å². The van der Waals surface area contributed by atoms with Crippen LogP contribution in [0.4, 0.5) is 8.78 Å². The van der Waals surface area contributed by atoms with Crippen LogP contribution in [0.15, 0.2) is 18.2 Å². The van der Waals surface area contributed by atoms with Crippen molar-refractivity contribution in [3.8, 4) is 0 Å². The quantitative estimate of drug-likeness (QED) is 0.836. The van der Waals surface area contributed by atoms with E-state index >= 15 is 0 Å². The molecule has 2 rings (SSSR count). The summed E-state index contributed by atoms with van der Waals surface area (Å²) in [6.45, 7) is 0. The second-order valence-corrected chi connectivity index (χ2v) is 5.43. The Bertz CT molecular complexity index is 459. The van der Waals surface area contributed by atoms with Gasteiger partial charge in [0.05, 0.1) is 5.54 Å². The van der Waals surface area contributed by atoms with Crippen molar-refractivity contribution >= 4 is 5.78 Å². The van der Waals surface area contributed by atoms with Gasteiger partial charge in [-0.25, -0.2) is 8.78 Å². The van der Waals surface area contributed by atoms with Gasteiger partial charge in [0.15, 0.2) is 5.78 Å². The van der Waals surface area contributed by atoms with Gasteiger partial charge in [0.25, 0.3) is 0 Å². The van der Waals surface area contributed by atoms with Crippen molar-refractivity contribution in [2.75, 3.05) is 14.1 Å². The Morgan fingerprint density at radius 2 is 1.74 bits per heavy atom. The fraction of sp³-hybridized carbons (Fsp3) is 0.533. The van der Waals surface area contributed by atoms with Crippen molar-refractivity contribution in [1.29, 1.82) is 0 Å². The topological polar surface area (TPSA) is 20.3 Å². The number of halogens is 2. The number of nitrogens with zero attached hydrogens (tertiary/aromatic N) is 1. The molecule has 0 aliphatic heterocycles. The van der Waals surface area contributed by atoms with Crippen molar-refractivity contribution < 1.29 is 13.6 Å². The fourth-order valence-electron chi connectivity index (χ4n) is 2.96. The van der Waals surface area contributed by atoms with Gasteiger partial charge in [-0.3, -0.25) is 9.69 Å². The van der Waals surface area contributed by atoms with Crippen molar-refractivity contribution in [2.45, 2.75) is 37.6 Å². The summed E-state index contributed by atoms with van der Waals surface area (Å²) in [6.07, 6.45) is 3.36. The highest BCUT2D eigenvalue weighted by molar-refractivity contribution is 5.90. The zero-order valence-electron chi connectivity index (χ0n) is 11.4. The van der Waals surface area contributed by atoms with Crippen LogP contribution in [-0.2, 0) is 11.2 Å². The zero-order chi connectivity index (χ0) is 14.0. The molecule has 0 heterocycles. The van der Waals surface area contributed by atoms with E-state index in [9.17, 15) is 13.6 Å². The minimum atomic E-state index is -0.639. The van der Waals surface area contributed by atoms with Crippen molar-refractivity contribution in [1.82, 2.24) is 4.90 Å². The summed E-state index contributed by atoms with van der Waals surface area (Å²) in [6, 6.07) is 3.71. The molecular weight excluding hydrogens is 248 g/mol. The maximum Gasteiger partial charge on any atom is 0.157 e. The summed E-state index contributed by atoms with van der Waals surface area (Å²) in [5.74, 6) is -1.36. The third kappa shape index (κ3) is 2.54. The summed E-state index contributed by atoms with van der Waals surface area (Å²) in [5.41, 5.74) is -0.657. The van der Waals surface area contributed by atoms with Gasteiger partial charge >= 0.3 is 0 Å². The number of carbonyl (C=O) groups excluding carboxylic acids is 1. The Morgan fingerprint density at radius 1 is 1.21 bits per heavy atom. The lowest BCUT2D eigenvalue weighted by Crippen LogP contribution is -2.49. The van der Waals surface area contributed by atoms with Gasteiger partial charge in [0.2, 0.25) is 0 Å². The van der Waals surface area contributed by atoms with Crippen LogP contribution >= 0.6 is 0 Å². The van der Waals surface area contributed by atoms with Crippen molar-refractivity contribution in [2.24, 2.45) is 0 Å². The van der Waals surface area contributed by atoms with Gasteiger partial charge in [-0.2, -0.15) is 0 Å². The first-order valence-electron chi connectivity index (χ1n) is 6.61. The molecule has 0 atom stereocenters. The largest absolute Gasteiger partial charge is 0.297 e. The first kappa shape index (κ1) is 14.1. The maximum absolute atomic E-state index is 13.6. The predicted octanol–water partition coefficient (Wildman–Crippen LogP) is 2.95. The normalized spacial score (nSPS) is 17.9. The number of hydrogen-bond donors (Lipinski definition) is 0. The molecule has 104 valence electrons. The molecule has 1 aliphatic carbocycles. The number of hydrogen-bond acceptors (Lipinski definition) is 2. The lowest BCUT2D eigenvalue weighted by atomic mass is 9.86. The van der Waals surface area contributed by atoms with E-state index in [1.165, 1.54) is 18.2 Å². The molecule has 1 fully saturated rings. The van der Waals surface area contributed by atoms with Gasteiger partial charge in [0, 0.05) is 12.0 Å². The van der Waals surface area contributed by atoms with E-state index in [0.717, 1.165) is 25.7 Å². The number of benzene rings is 1. The Balaban J connectivity index is 2.25. The molecule has 1 aliphatic rings. The molecule has 0 amide bonds. The highest BCUT2D eigenvalue weighted by Gasteiger charge is 2.42. The molecule has 1 saturated carbocycles. The Labute approximate surface area is 112 Å². The Morgan fingerprint density at radius 3 is 2.21 bits per heavy atom. The van der Waals surface area contributed by atoms with E-state index in [0.29, 0.717) is 0 Å². The number of rotatable bonds is 4. The van der Waals surface area contributed by atoms with Crippen LogP contribution in [0.2, 0.25) is 0 Å². The van der Waals surface area contributed by atoms with Crippen LogP contribution in [0, 0.1) is 11.6 Å². The smallest absolute Gasteiger partial charge is 0.157 e. The average molecular weight is 267 g/mol. The van der Waals surface area contributed by atoms with Crippen LogP contribution in [0.25, 0.3) is 0 Å². The number of carbonyl (C=O) groups is 1. The molecule has 0 saturated heterocycles. The molecule has 0 unspecified atom stereocenters. The third-order valence-electron chi connectivity index (χ3n) is 4.20. The molecule has 0 radical (unpaired) electrons. The monoisotopic (exact) mass is 267 g/mol. The van der Waals surface area contributed by atoms with Crippen LogP contribution < -0.4 is 0 Å². The predicted molar refractivity (Wildman–Crippen MR) is 70.0 cm³/mol. The molecule has 1 aromatic rings. The summed E-state index contributed by atoms with van der Waals surface area (Å²) < 4.78 is 27.2. The minimum Gasteiger partial charge on any atom is -0.297 e. The summed E-state index contributed by atoms with van der Waals surface area (Å²) in [5, 5.41) is 0. The molecule has 0 spiro atoms. The average Bonchev–Trinajstić information content (AvgIpc) is 2.84. The van der Waals surface area contributed by atoms with Gasteiger partial charge in [-0.1, -0.05) is 18.9 Å². The lowest BCUT2D eigenvalue weighted by Gasteiger charge is -2.34. The number of ketones is 1. The Hall–Kier alpha value is -1.29. The maximum atomic E-state index is 13.6. The molecule has 4 heteroatoms. The van der Waals surface area contributed by atoms with Crippen molar-refractivity contribution in [3.63, 3.8) is 0 Å². The zero-order valence-corrected chi connectivity index (χ0v) is 11.4. The highest BCUT2D eigenvalue weighted by atomic mass is 19.1.